The van der Waals surface area contributed by atoms with Gasteiger partial charge in [-0.15, -0.1) is 0 Å². The van der Waals surface area contributed by atoms with E-state index in [9.17, 15) is 0 Å². The zero-order valence-electron chi connectivity index (χ0n) is 21.4. The van der Waals surface area contributed by atoms with E-state index in [1.165, 1.54) is 33.4 Å². The summed E-state index contributed by atoms with van der Waals surface area (Å²) < 4.78 is 5.99. The van der Waals surface area contributed by atoms with Crippen molar-refractivity contribution in [3.8, 4) is 5.75 Å². The molecule has 0 spiro atoms. The first-order valence-corrected chi connectivity index (χ1v) is 11.9. The van der Waals surface area contributed by atoms with Crippen LogP contribution in [0, 0.1) is 19.8 Å². The van der Waals surface area contributed by atoms with Crippen molar-refractivity contribution in [2.24, 2.45) is 5.92 Å². The molecule has 176 valence electrons. The Bertz CT molecular complexity index is 988. The number of allylic oxidation sites excluding steroid dienone is 4. The molecular weight excluding hydrogens is 402 g/mol. The zero-order chi connectivity index (χ0) is 24.4. The molecule has 0 fully saturated rings. The van der Waals surface area contributed by atoms with Gasteiger partial charge in [-0.05, 0) is 74.4 Å². The Morgan fingerprint density at radius 3 is 2.33 bits per heavy atom. The maximum atomic E-state index is 5.99. The average Bonchev–Trinajstić information content (AvgIpc) is 2.74. The van der Waals surface area contributed by atoms with Gasteiger partial charge in [-0.1, -0.05) is 86.7 Å². The SMILES string of the molecule is C=C/C=C\C(COc1ccc(CC(=C)NC(CC(C)C)c2ccc(C)cc2C)cc1)=C(C)C. The Labute approximate surface area is 201 Å². The number of benzene rings is 2. The summed E-state index contributed by atoms with van der Waals surface area (Å²) in [6, 6.07) is 15.3. The highest BCUT2D eigenvalue weighted by molar-refractivity contribution is 5.35. The third kappa shape index (κ3) is 8.81. The fraction of sp³-hybridized carbons (Fsp3) is 0.355. The Balaban J connectivity index is 2.01. The molecule has 33 heavy (non-hydrogen) atoms. The number of aryl methyl sites for hydroxylation is 2. The fourth-order valence-corrected chi connectivity index (χ4v) is 3.90. The summed E-state index contributed by atoms with van der Waals surface area (Å²) in [6.45, 7) is 21.7. The highest BCUT2D eigenvalue weighted by atomic mass is 16.5. The van der Waals surface area contributed by atoms with Crippen molar-refractivity contribution < 1.29 is 4.74 Å². The first-order chi connectivity index (χ1) is 15.7. The predicted molar refractivity (Wildman–Crippen MR) is 144 cm³/mol. The summed E-state index contributed by atoms with van der Waals surface area (Å²) in [5.74, 6) is 1.47. The molecule has 0 saturated carbocycles. The predicted octanol–water partition coefficient (Wildman–Crippen LogP) is 8.19. The van der Waals surface area contributed by atoms with Crippen molar-refractivity contribution in [3.05, 3.63) is 113 Å². The molecule has 0 aliphatic carbocycles. The van der Waals surface area contributed by atoms with Crippen molar-refractivity contribution in [1.82, 2.24) is 5.32 Å². The summed E-state index contributed by atoms with van der Waals surface area (Å²) in [5.41, 5.74) is 8.66. The van der Waals surface area contributed by atoms with E-state index in [1.807, 2.05) is 18.2 Å². The zero-order valence-corrected chi connectivity index (χ0v) is 21.4. The summed E-state index contributed by atoms with van der Waals surface area (Å²) in [6.07, 6.45) is 7.64. The molecule has 1 atom stereocenters. The average molecular weight is 444 g/mol. The number of nitrogens with one attached hydrogen (secondary N) is 1. The van der Waals surface area contributed by atoms with Crippen molar-refractivity contribution >= 4 is 0 Å². The van der Waals surface area contributed by atoms with Crippen LogP contribution in [0.25, 0.3) is 0 Å². The van der Waals surface area contributed by atoms with Gasteiger partial charge in [-0.25, -0.2) is 0 Å². The molecular formula is C31H41NO. The lowest BCUT2D eigenvalue weighted by Crippen LogP contribution is -2.23. The van der Waals surface area contributed by atoms with Crippen LogP contribution in [-0.2, 0) is 6.42 Å². The minimum Gasteiger partial charge on any atom is -0.489 e. The molecule has 0 bridgehead atoms. The van der Waals surface area contributed by atoms with Crippen LogP contribution in [0.15, 0.2) is 90.7 Å². The Morgan fingerprint density at radius 2 is 1.76 bits per heavy atom. The molecule has 1 N–H and O–H groups in total. The third-order valence-corrected chi connectivity index (χ3v) is 5.70. The van der Waals surface area contributed by atoms with Gasteiger partial charge < -0.3 is 10.1 Å². The number of hydrogen-bond donors (Lipinski definition) is 1. The van der Waals surface area contributed by atoms with Crippen LogP contribution < -0.4 is 10.1 Å². The first-order valence-electron chi connectivity index (χ1n) is 11.9. The van der Waals surface area contributed by atoms with E-state index < -0.39 is 0 Å². The summed E-state index contributed by atoms with van der Waals surface area (Å²) in [4.78, 5) is 0. The van der Waals surface area contributed by atoms with Gasteiger partial charge in [-0.3, -0.25) is 0 Å². The van der Waals surface area contributed by atoms with Crippen molar-refractivity contribution in [1.29, 1.82) is 0 Å². The summed E-state index contributed by atoms with van der Waals surface area (Å²) in [5, 5.41) is 3.71. The second-order valence-corrected chi connectivity index (χ2v) is 9.52. The molecule has 2 aromatic carbocycles. The molecule has 0 saturated heterocycles. The monoisotopic (exact) mass is 443 g/mol. The molecule has 2 nitrogen and oxygen atoms in total. The van der Waals surface area contributed by atoms with E-state index in [2.05, 4.69) is 96.4 Å². The molecule has 2 aromatic rings. The summed E-state index contributed by atoms with van der Waals surface area (Å²) in [7, 11) is 0. The minimum absolute atomic E-state index is 0.270. The maximum Gasteiger partial charge on any atom is 0.119 e. The first kappa shape index (κ1) is 26.3. The van der Waals surface area contributed by atoms with E-state index in [4.69, 9.17) is 4.74 Å². The Kier molecular flexibility index (Phi) is 10.3. The van der Waals surface area contributed by atoms with Gasteiger partial charge in [0.1, 0.15) is 12.4 Å². The molecule has 0 aliphatic heterocycles. The molecule has 0 aromatic heterocycles. The van der Waals surface area contributed by atoms with E-state index in [0.29, 0.717) is 12.5 Å². The second-order valence-electron chi connectivity index (χ2n) is 9.52. The van der Waals surface area contributed by atoms with Gasteiger partial charge in [-0.2, -0.15) is 0 Å². The molecule has 1 unspecified atom stereocenters. The van der Waals surface area contributed by atoms with Gasteiger partial charge in [0.15, 0.2) is 0 Å². The normalized spacial score (nSPS) is 12.0. The summed E-state index contributed by atoms with van der Waals surface area (Å²) >= 11 is 0. The van der Waals surface area contributed by atoms with Crippen molar-refractivity contribution in [2.45, 2.75) is 60.4 Å². The van der Waals surface area contributed by atoms with Crippen LogP contribution in [0.3, 0.4) is 0 Å². The Morgan fingerprint density at radius 1 is 1.06 bits per heavy atom. The van der Waals surface area contributed by atoms with Crippen LogP contribution in [0.5, 0.6) is 5.75 Å². The molecule has 0 heterocycles. The lowest BCUT2D eigenvalue weighted by molar-refractivity contribution is 0.354. The fourth-order valence-electron chi connectivity index (χ4n) is 3.90. The standard InChI is InChI=1S/C31H41NO/c1-9-10-11-28(23(4)5)21-33-29-15-13-27(14-16-29)20-26(8)32-31(18-22(2)3)30-17-12-24(6)19-25(30)7/h9-17,19,22,31-32H,1,8,18,20-21H2,2-7H3/b11-10-. The third-order valence-electron chi connectivity index (χ3n) is 5.70. The van der Waals surface area contributed by atoms with Gasteiger partial charge >= 0.3 is 0 Å². The molecule has 2 heteroatoms. The van der Waals surface area contributed by atoms with E-state index in [0.717, 1.165) is 24.3 Å². The van der Waals surface area contributed by atoms with Crippen LogP contribution in [0.2, 0.25) is 0 Å². The Hall–Kier alpha value is -3.00. The minimum atomic E-state index is 0.270. The molecule has 0 radical (unpaired) electrons. The van der Waals surface area contributed by atoms with Gasteiger partial charge in [0, 0.05) is 12.1 Å². The number of ether oxygens (including phenoxy) is 1. The lowest BCUT2D eigenvalue weighted by Gasteiger charge is -2.25. The van der Waals surface area contributed by atoms with Gasteiger partial charge in [0.25, 0.3) is 0 Å². The van der Waals surface area contributed by atoms with Crippen LogP contribution in [0.1, 0.15) is 62.4 Å². The highest BCUT2D eigenvalue weighted by Gasteiger charge is 2.16. The van der Waals surface area contributed by atoms with Crippen LogP contribution >= 0.6 is 0 Å². The largest absolute Gasteiger partial charge is 0.489 e. The smallest absolute Gasteiger partial charge is 0.119 e. The van der Waals surface area contributed by atoms with Gasteiger partial charge in [0.2, 0.25) is 0 Å². The highest BCUT2D eigenvalue weighted by Crippen LogP contribution is 2.26. The molecule has 0 aliphatic rings. The van der Waals surface area contributed by atoms with Gasteiger partial charge in [0.05, 0.1) is 6.04 Å². The molecule has 2 rings (SSSR count). The van der Waals surface area contributed by atoms with E-state index >= 15 is 0 Å². The second kappa shape index (κ2) is 12.9. The van der Waals surface area contributed by atoms with Crippen LogP contribution in [-0.4, -0.2) is 6.61 Å². The number of rotatable bonds is 12. The molecule has 0 amide bonds. The topological polar surface area (TPSA) is 21.3 Å². The van der Waals surface area contributed by atoms with Crippen molar-refractivity contribution in [2.75, 3.05) is 6.61 Å². The van der Waals surface area contributed by atoms with E-state index in [-0.39, 0.29) is 6.04 Å². The van der Waals surface area contributed by atoms with Crippen LogP contribution in [0.4, 0.5) is 0 Å². The number of hydrogen-bond acceptors (Lipinski definition) is 2. The van der Waals surface area contributed by atoms with E-state index in [1.54, 1.807) is 6.08 Å². The quantitative estimate of drug-likeness (QED) is 0.334. The van der Waals surface area contributed by atoms with Crippen molar-refractivity contribution in [3.63, 3.8) is 0 Å². The lowest BCUT2D eigenvalue weighted by atomic mass is 9.92. The maximum absolute atomic E-state index is 5.99.